The van der Waals surface area contributed by atoms with Crippen LogP contribution in [0, 0.1) is 0 Å². The molecule has 1 amide bonds. The smallest absolute Gasteiger partial charge is 0.223 e. The van der Waals surface area contributed by atoms with Gasteiger partial charge in [-0.05, 0) is 51.7 Å². The summed E-state index contributed by atoms with van der Waals surface area (Å²) in [5.74, 6) is 0.264. The molecule has 2 unspecified atom stereocenters. The van der Waals surface area contributed by atoms with Crippen molar-refractivity contribution in [3.63, 3.8) is 0 Å². The Bertz CT molecular complexity index is 904. The fourth-order valence-electron chi connectivity index (χ4n) is 4.21. The maximum atomic E-state index is 12.7. The number of para-hydroxylation sites is 1. The van der Waals surface area contributed by atoms with E-state index in [0.29, 0.717) is 24.9 Å². The highest BCUT2D eigenvalue weighted by atomic mass is 16.2. The van der Waals surface area contributed by atoms with E-state index in [2.05, 4.69) is 53.0 Å². The average Bonchev–Trinajstić information content (AvgIpc) is 2.98. The van der Waals surface area contributed by atoms with Crippen LogP contribution >= 0.6 is 0 Å². The van der Waals surface area contributed by atoms with Crippen molar-refractivity contribution in [2.24, 2.45) is 0 Å². The number of aryl methyl sites for hydroxylation is 1. The summed E-state index contributed by atoms with van der Waals surface area (Å²) >= 11 is 0. The van der Waals surface area contributed by atoms with Gasteiger partial charge >= 0.3 is 0 Å². The number of hydrogen-bond donors (Lipinski definition) is 1. The van der Waals surface area contributed by atoms with E-state index in [0.717, 1.165) is 29.6 Å². The molecule has 1 fully saturated rings. The van der Waals surface area contributed by atoms with Crippen molar-refractivity contribution in [2.45, 2.75) is 58.0 Å². The molecule has 0 spiro atoms. The Hall–Kier alpha value is -2.36. The van der Waals surface area contributed by atoms with Crippen molar-refractivity contribution in [1.82, 2.24) is 14.9 Å². The molecule has 4 rings (SSSR count). The van der Waals surface area contributed by atoms with Crippen molar-refractivity contribution in [1.29, 1.82) is 0 Å². The predicted molar refractivity (Wildman–Crippen MR) is 102 cm³/mol. The first-order valence-corrected chi connectivity index (χ1v) is 9.30. The van der Waals surface area contributed by atoms with E-state index in [1.54, 1.807) is 0 Å². The Kier molecular flexibility index (Phi) is 4.20. The minimum atomic E-state index is 0.264. The second kappa shape index (κ2) is 6.51. The molecule has 1 N–H and O–H groups in total. The number of pyridine rings is 1. The molecule has 1 aromatic carbocycles. The van der Waals surface area contributed by atoms with Gasteiger partial charge < -0.3 is 9.88 Å². The van der Waals surface area contributed by atoms with E-state index >= 15 is 0 Å². The molecule has 0 aliphatic carbocycles. The lowest BCUT2D eigenvalue weighted by molar-refractivity contribution is -0.137. The molecule has 25 heavy (non-hydrogen) atoms. The normalized spacial score (nSPS) is 21.1. The standard InChI is InChI=1S/C21H25N3O/c1-14-6-5-7-15(2)24(14)21(25)11-10-16-12-18-17-8-3-4-9-19(17)23-20(18)13-22-16/h3-4,8-9,12-15,23H,5-7,10-11H2,1-2H3. The highest BCUT2D eigenvalue weighted by molar-refractivity contribution is 6.06. The first-order chi connectivity index (χ1) is 12.1. The number of rotatable bonds is 3. The van der Waals surface area contributed by atoms with Crippen LogP contribution < -0.4 is 0 Å². The number of piperidine rings is 1. The first-order valence-electron chi connectivity index (χ1n) is 9.30. The van der Waals surface area contributed by atoms with Crippen molar-refractivity contribution in [3.05, 3.63) is 42.2 Å². The van der Waals surface area contributed by atoms with Gasteiger partial charge in [-0.2, -0.15) is 0 Å². The summed E-state index contributed by atoms with van der Waals surface area (Å²) in [6.07, 6.45) is 6.59. The van der Waals surface area contributed by atoms with Crippen LogP contribution in [0.3, 0.4) is 0 Å². The lowest BCUT2D eigenvalue weighted by Gasteiger charge is -2.39. The van der Waals surface area contributed by atoms with Gasteiger partial charge in [-0.15, -0.1) is 0 Å². The van der Waals surface area contributed by atoms with Crippen LogP contribution in [0.4, 0.5) is 0 Å². The number of H-pyrrole nitrogens is 1. The van der Waals surface area contributed by atoms with Gasteiger partial charge in [-0.25, -0.2) is 0 Å². The molecule has 2 aromatic heterocycles. The largest absolute Gasteiger partial charge is 0.353 e. The van der Waals surface area contributed by atoms with Crippen LogP contribution in [0.15, 0.2) is 36.5 Å². The second-order valence-corrected chi connectivity index (χ2v) is 7.32. The first kappa shape index (κ1) is 16.1. The zero-order valence-corrected chi connectivity index (χ0v) is 15.0. The van der Waals surface area contributed by atoms with E-state index in [1.165, 1.54) is 17.2 Å². The molecule has 0 saturated carbocycles. The van der Waals surface area contributed by atoms with Gasteiger partial charge in [0.1, 0.15) is 0 Å². The van der Waals surface area contributed by atoms with Gasteiger partial charge in [-0.1, -0.05) is 18.2 Å². The van der Waals surface area contributed by atoms with Gasteiger partial charge in [0.05, 0.1) is 11.7 Å². The molecular formula is C21H25N3O. The zero-order valence-electron chi connectivity index (χ0n) is 15.0. The number of benzene rings is 1. The molecule has 1 saturated heterocycles. The van der Waals surface area contributed by atoms with Gasteiger partial charge in [-0.3, -0.25) is 9.78 Å². The number of amides is 1. The third-order valence-electron chi connectivity index (χ3n) is 5.52. The summed E-state index contributed by atoms with van der Waals surface area (Å²) < 4.78 is 0. The predicted octanol–water partition coefficient (Wildman–Crippen LogP) is 4.44. The number of nitrogens with one attached hydrogen (secondary N) is 1. The molecule has 3 heterocycles. The fourth-order valence-corrected chi connectivity index (χ4v) is 4.21. The van der Waals surface area contributed by atoms with Crippen molar-refractivity contribution >= 4 is 27.7 Å². The lowest BCUT2D eigenvalue weighted by Crippen LogP contribution is -2.47. The molecular weight excluding hydrogens is 310 g/mol. The SMILES string of the molecule is CC1CCCC(C)N1C(=O)CCc1cc2c(cn1)[nH]c1ccccc12. The average molecular weight is 335 g/mol. The van der Waals surface area contributed by atoms with E-state index in [1.807, 2.05) is 12.3 Å². The Morgan fingerprint density at radius 3 is 2.72 bits per heavy atom. The number of carbonyl (C=O) groups excluding carboxylic acids is 1. The van der Waals surface area contributed by atoms with Crippen molar-refractivity contribution in [3.8, 4) is 0 Å². The number of nitrogens with zero attached hydrogens (tertiary/aromatic N) is 2. The summed E-state index contributed by atoms with van der Waals surface area (Å²) in [4.78, 5) is 22.8. The summed E-state index contributed by atoms with van der Waals surface area (Å²) in [5.41, 5.74) is 3.17. The van der Waals surface area contributed by atoms with Gasteiger partial charge in [0.15, 0.2) is 0 Å². The quantitative estimate of drug-likeness (QED) is 0.769. The summed E-state index contributed by atoms with van der Waals surface area (Å²) in [5, 5.41) is 2.40. The van der Waals surface area contributed by atoms with Crippen LogP contribution in [-0.4, -0.2) is 32.9 Å². The molecule has 1 aliphatic rings. The van der Waals surface area contributed by atoms with Crippen molar-refractivity contribution < 1.29 is 4.79 Å². The number of aromatic amines is 1. The Labute approximate surface area is 148 Å². The molecule has 4 heteroatoms. The minimum Gasteiger partial charge on any atom is -0.353 e. The molecule has 2 atom stereocenters. The topological polar surface area (TPSA) is 49.0 Å². The van der Waals surface area contributed by atoms with Gasteiger partial charge in [0.25, 0.3) is 0 Å². The van der Waals surface area contributed by atoms with Crippen molar-refractivity contribution in [2.75, 3.05) is 0 Å². The van der Waals surface area contributed by atoms with E-state index in [-0.39, 0.29) is 5.91 Å². The summed E-state index contributed by atoms with van der Waals surface area (Å²) in [6, 6.07) is 11.1. The number of likely N-dealkylation sites (tertiary alicyclic amines) is 1. The lowest BCUT2D eigenvalue weighted by atomic mass is 9.96. The molecule has 0 bridgehead atoms. The highest BCUT2D eigenvalue weighted by Crippen LogP contribution is 2.26. The second-order valence-electron chi connectivity index (χ2n) is 7.32. The van der Waals surface area contributed by atoms with E-state index in [4.69, 9.17) is 0 Å². The molecule has 3 aromatic rings. The fraction of sp³-hybridized carbons (Fsp3) is 0.429. The maximum absolute atomic E-state index is 12.7. The molecule has 0 radical (unpaired) electrons. The number of hydrogen-bond acceptors (Lipinski definition) is 2. The Morgan fingerprint density at radius 1 is 1.16 bits per heavy atom. The van der Waals surface area contributed by atoms with Crippen LogP contribution in [0.25, 0.3) is 21.8 Å². The Morgan fingerprint density at radius 2 is 1.92 bits per heavy atom. The van der Waals surface area contributed by atoms with Crippen LogP contribution in [0.2, 0.25) is 0 Å². The molecule has 1 aliphatic heterocycles. The van der Waals surface area contributed by atoms with Crippen LogP contribution in [-0.2, 0) is 11.2 Å². The van der Waals surface area contributed by atoms with Crippen LogP contribution in [0.5, 0.6) is 0 Å². The monoisotopic (exact) mass is 335 g/mol. The van der Waals surface area contributed by atoms with E-state index < -0.39 is 0 Å². The van der Waals surface area contributed by atoms with Crippen LogP contribution in [0.1, 0.15) is 45.2 Å². The molecule has 130 valence electrons. The number of fused-ring (bicyclic) bond motifs is 3. The van der Waals surface area contributed by atoms with E-state index in [9.17, 15) is 4.79 Å². The number of aromatic nitrogens is 2. The maximum Gasteiger partial charge on any atom is 0.223 e. The minimum absolute atomic E-state index is 0.264. The summed E-state index contributed by atoms with van der Waals surface area (Å²) in [6.45, 7) is 4.34. The molecule has 4 nitrogen and oxygen atoms in total. The third-order valence-corrected chi connectivity index (χ3v) is 5.52. The third kappa shape index (κ3) is 3.01. The van der Waals surface area contributed by atoms with Gasteiger partial charge in [0, 0.05) is 40.5 Å². The Balaban J connectivity index is 1.52. The van der Waals surface area contributed by atoms with Gasteiger partial charge in [0.2, 0.25) is 5.91 Å². The zero-order chi connectivity index (χ0) is 17.4. The number of carbonyl (C=O) groups is 1. The highest BCUT2D eigenvalue weighted by Gasteiger charge is 2.28. The summed E-state index contributed by atoms with van der Waals surface area (Å²) in [7, 11) is 0.